The van der Waals surface area contributed by atoms with Gasteiger partial charge in [-0.1, -0.05) is 24.6 Å². The number of halogens is 1. The van der Waals surface area contributed by atoms with Crippen LogP contribution in [0.2, 0.25) is 5.02 Å². The van der Waals surface area contributed by atoms with Gasteiger partial charge in [0.15, 0.2) is 0 Å². The van der Waals surface area contributed by atoms with Crippen LogP contribution >= 0.6 is 11.6 Å². The summed E-state index contributed by atoms with van der Waals surface area (Å²) in [6.45, 7) is 4.83. The van der Waals surface area contributed by atoms with Crippen molar-refractivity contribution in [3.63, 3.8) is 0 Å². The van der Waals surface area contributed by atoms with Gasteiger partial charge in [-0.25, -0.2) is 0 Å². The molecule has 0 fully saturated rings. The number of nitrogens with one attached hydrogen (secondary N) is 1. The molecule has 2 aromatic rings. The second-order valence-electron chi connectivity index (χ2n) is 4.61. The molecule has 1 N–H and O–H groups in total. The first-order valence-corrected chi connectivity index (χ1v) is 7.18. The Morgan fingerprint density at radius 2 is 2.15 bits per heavy atom. The van der Waals surface area contributed by atoms with Gasteiger partial charge in [-0.15, -0.1) is 0 Å². The molecule has 1 unspecified atom stereocenters. The van der Waals surface area contributed by atoms with Crippen LogP contribution in [0.4, 0.5) is 5.69 Å². The van der Waals surface area contributed by atoms with E-state index in [0.717, 1.165) is 23.6 Å². The summed E-state index contributed by atoms with van der Waals surface area (Å²) in [7, 11) is 0. The van der Waals surface area contributed by atoms with Crippen LogP contribution in [0, 0.1) is 0 Å². The van der Waals surface area contributed by atoms with Crippen molar-refractivity contribution in [3.8, 4) is 5.75 Å². The van der Waals surface area contributed by atoms with Gasteiger partial charge in [-0.2, -0.15) is 0 Å². The minimum absolute atomic E-state index is 0.0821. The van der Waals surface area contributed by atoms with Crippen molar-refractivity contribution in [1.82, 2.24) is 4.98 Å². The maximum absolute atomic E-state index is 6.07. The summed E-state index contributed by atoms with van der Waals surface area (Å²) in [4.78, 5) is 4.35. The number of ether oxygens (including phenoxy) is 1. The third kappa shape index (κ3) is 3.87. The molecule has 1 aromatic carbocycles. The number of anilines is 1. The van der Waals surface area contributed by atoms with E-state index in [2.05, 4.69) is 24.1 Å². The zero-order chi connectivity index (χ0) is 14.4. The molecule has 106 valence electrons. The first-order valence-electron chi connectivity index (χ1n) is 6.80. The van der Waals surface area contributed by atoms with E-state index in [1.807, 2.05) is 36.4 Å². The third-order valence-corrected chi connectivity index (χ3v) is 3.14. The van der Waals surface area contributed by atoms with E-state index in [1.54, 1.807) is 6.20 Å². The average molecular weight is 291 g/mol. The third-order valence-electron chi connectivity index (χ3n) is 2.91. The van der Waals surface area contributed by atoms with E-state index in [1.165, 1.54) is 0 Å². The van der Waals surface area contributed by atoms with Gasteiger partial charge in [-0.05, 0) is 43.7 Å². The Bertz CT molecular complexity index is 545. The largest absolute Gasteiger partial charge is 0.491 e. The summed E-state index contributed by atoms with van der Waals surface area (Å²) >= 11 is 6.07. The molecular weight excluding hydrogens is 272 g/mol. The predicted molar refractivity (Wildman–Crippen MR) is 83.5 cm³/mol. The molecule has 1 aromatic heterocycles. The summed E-state index contributed by atoms with van der Waals surface area (Å²) in [5.41, 5.74) is 1.87. The molecule has 1 atom stereocenters. The van der Waals surface area contributed by atoms with Crippen LogP contribution in [0.25, 0.3) is 0 Å². The molecule has 0 amide bonds. The molecular formula is C16H19ClN2O. The molecule has 0 saturated heterocycles. The number of aromatic nitrogens is 1. The fourth-order valence-corrected chi connectivity index (χ4v) is 2.06. The second-order valence-corrected chi connectivity index (χ2v) is 5.05. The lowest BCUT2D eigenvalue weighted by molar-refractivity contribution is 0.318. The fraction of sp³-hybridized carbons (Fsp3) is 0.312. The van der Waals surface area contributed by atoms with Gasteiger partial charge < -0.3 is 10.1 Å². The molecule has 0 aliphatic carbocycles. The summed E-state index contributed by atoms with van der Waals surface area (Å²) in [6.07, 6.45) is 2.76. The zero-order valence-electron chi connectivity index (χ0n) is 11.8. The molecule has 2 rings (SSSR count). The molecule has 3 nitrogen and oxygen atoms in total. The van der Waals surface area contributed by atoms with Crippen molar-refractivity contribution < 1.29 is 4.74 Å². The zero-order valence-corrected chi connectivity index (χ0v) is 12.5. The van der Waals surface area contributed by atoms with Gasteiger partial charge in [-0.3, -0.25) is 4.98 Å². The molecule has 0 bridgehead atoms. The SMILES string of the molecule is CCCOc1ccc(Cl)cc1NC(C)c1ccccn1. The lowest BCUT2D eigenvalue weighted by Crippen LogP contribution is -2.09. The Kier molecular flexibility index (Phi) is 5.24. The monoisotopic (exact) mass is 290 g/mol. The van der Waals surface area contributed by atoms with Crippen molar-refractivity contribution in [2.45, 2.75) is 26.3 Å². The number of rotatable bonds is 6. The van der Waals surface area contributed by atoms with Crippen molar-refractivity contribution in [2.24, 2.45) is 0 Å². The number of hydrogen-bond acceptors (Lipinski definition) is 3. The van der Waals surface area contributed by atoms with Gasteiger partial charge in [0.25, 0.3) is 0 Å². The van der Waals surface area contributed by atoms with Gasteiger partial charge >= 0.3 is 0 Å². The van der Waals surface area contributed by atoms with Crippen molar-refractivity contribution >= 4 is 17.3 Å². The average Bonchev–Trinajstić information content (AvgIpc) is 2.47. The number of hydrogen-bond donors (Lipinski definition) is 1. The number of pyridine rings is 1. The normalized spacial score (nSPS) is 11.9. The highest BCUT2D eigenvalue weighted by molar-refractivity contribution is 6.30. The molecule has 0 aliphatic rings. The van der Waals surface area contributed by atoms with Crippen LogP contribution in [0.1, 0.15) is 32.0 Å². The summed E-state index contributed by atoms with van der Waals surface area (Å²) in [5.74, 6) is 0.819. The Morgan fingerprint density at radius 3 is 2.85 bits per heavy atom. The smallest absolute Gasteiger partial charge is 0.142 e. The van der Waals surface area contributed by atoms with Gasteiger partial charge in [0, 0.05) is 11.2 Å². The van der Waals surface area contributed by atoms with Crippen LogP contribution in [-0.4, -0.2) is 11.6 Å². The Morgan fingerprint density at radius 1 is 1.30 bits per heavy atom. The summed E-state index contributed by atoms with van der Waals surface area (Å²) in [5, 5.41) is 4.09. The van der Waals surface area contributed by atoms with Crippen molar-refractivity contribution in [1.29, 1.82) is 0 Å². The molecule has 0 saturated carbocycles. The Balaban J connectivity index is 2.17. The fourth-order valence-electron chi connectivity index (χ4n) is 1.89. The summed E-state index contributed by atoms with van der Waals surface area (Å²) in [6, 6.07) is 11.6. The quantitative estimate of drug-likeness (QED) is 0.837. The lowest BCUT2D eigenvalue weighted by atomic mass is 10.2. The van der Waals surface area contributed by atoms with E-state index in [0.29, 0.717) is 11.6 Å². The number of benzene rings is 1. The standard InChI is InChI=1S/C16H19ClN2O/c1-3-10-20-16-8-7-13(17)11-15(16)19-12(2)14-6-4-5-9-18-14/h4-9,11-12,19H,3,10H2,1-2H3. The van der Waals surface area contributed by atoms with Crippen molar-refractivity contribution in [2.75, 3.05) is 11.9 Å². The molecule has 0 radical (unpaired) electrons. The van der Waals surface area contributed by atoms with E-state index in [4.69, 9.17) is 16.3 Å². The molecule has 20 heavy (non-hydrogen) atoms. The predicted octanol–water partition coefficient (Wildman–Crippen LogP) is 4.70. The van der Waals surface area contributed by atoms with Crippen LogP contribution in [0.15, 0.2) is 42.6 Å². The van der Waals surface area contributed by atoms with E-state index in [9.17, 15) is 0 Å². The minimum Gasteiger partial charge on any atom is -0.491 e. The molecule has 0 aliphatic heterocycles. The molecule has 0 spiro atoms. The second kappa shape index (κ2) is 7.15. The lowest BCUT2D eigenvalue weighted by Gasteiger charge is -2.18. The maximum atomic E-state index is 6.07. The first kappa shape index (κ1) is 14.7. The van der Waals surface area contributed by atoms with Crippen LogP contribution in [-0.2, 0) is 0 Å². The topological polar surface area (TPSA) is 34.1 Å². The highest BCUT2D eigenvalue weighted by Gasteiger charge is 2.10. The maximum Gasteiger partial charge on any atom is 0.142 e. The number of nitrogens with zero attached hydrogens (tertiary/aromatic N) is 1. The highest BCUT2D eigenvalue weighted by Crippen LogP contribution is 2.30. The van der Waals surface area contributed by atoms with Crippen molar-refractivity contribution in [3.05, 3.63) is 53.3 Å². The first-order chi connectivity index (χ1) is 9.70. The van der Waals surface area contributed by atoms with Crippen LogP contribution < -0.4 is 10.1 Å². The van der Waals surface area contributed by atoms with Crippen LogP contribution in [0.5, 0.6) is 5.75 Å². The van der Waals surface area contributed by atoms with E-state index >= 15 is 0 Å². The van der Waals surface area contributed by atoms with E-state index in [-0.39, 0.29) is 6.04 Å². The van der Waals surface area contributed by atoms with E-state index < -0.39 is 0 Å². The minimum atomic E-state index is 0.0821. The Labute approximate surface area is 124 Å². The molecule has 1 heterocycles. The van der Waals surface area contributed by atoms with Gasteiger partial charge in [0.05, 0.1) is 24.0 Å². The van der Waals surface area contributed by atoms with Gasteiger partial charge in [0.2, 0.25) is 0 Å². The Hall–Kier alpha value is -1.74. The van der Waals surface area contributed by atoms with Gasteiger partial charge in [0.1, 0.15) is 5.75 Å². The van der Waals surface area contributed by atoms with Crippen LogP contribution in [0.3, 0.4) is 0 Å². The summed E-state index contributed by atoms with van der Waals surface area (Å²) < 4.78 is 5.74. The molecule has 4 heteroatoms. The highest BCUT2D eigenvalue weighted by atomic mass is 35.5.